The summed E-state index contributed by atoms with van der Waals surface area (Å²) in [5.41, 5.74) is -0.531. The summed E-state index contributed by atoms with van der Waals surface area (Å²) < 4.78 is 11.2. The summed E-state index contributed by atoms with van der Waals surface area (Å²) in [6.45, 7) is 1.90. The predicted octanol–water partition coefficient (Wildman–Crippen LogP) is 3.30. The molecule has 0 spiro atoms. The van der Waals surface area contributed by atoms with Crippen molar-refractivity contribution in [2.75, 3.05) is 0 Å². The Balaban J connectivity index is 1.82. The van der Waals surface area contributed by atoms with Gasteiger partial charge < -0.3 is 14.6 Å². The molecule has 2 aromatic rings. The molecule has 0 radical (unpaired) electrons. The van der Waals surface area contributed by atoms with E-state index in [0.29, 0.717) is 17.7 Å². The number of ether oxygens (including phenoxy) is 2. The highest BCUT2D eigenvalue weighted by molar-refractivity contribution is 6.19. The van der Waals surface area contributed by atoms with Crippen LogP contribution in [0.4, 0.5) is 0 Å². The van der Waals surface area contributed by atoms with E-state index >= 15 is 0 Å². The molecular weight excluding hydrogens is 332 g/mol. The smallest absolute Gasteiger partial charge is 0.359 e. The zero-order chi connectivity index (χ0) is 18.6. The minimum atomic E-state index is -1.73. The van der Waals surface area contributed by atoms with Gasteiger partial charge in [-0.05, 0) is 30.5 Å². The highest BCUT2D eigenvalue weighted by Crippen LogP contribution is 2.39. The van der Waals surface area contributed by atoms with E-state index in [1.807, 2.05) is 37.3 Å². The topological polar surface area (TPSA) is 72.8 Å². The van der Waals surface area contributed by atoms with Crippen LogP contribution in [0.3, 0.4) is 0 Å². The third-order valence-electron chi connectivity index (χ3n) is 4.63. The summed E-state index contributed by atoms with van der Waals surface area (Å²) in [7, 11) is 0. The summed E-state index contributed by atoms with van der Waals surface area (Å²) >= 11 is 0. The van der Waals surface area contributed by atoms with Gasteiger partial charge in [0.05, 0.1) is 11.7 Å². The van der Waals surface area contributed by atoms with Crippen molar-refractivity contribution in [3.05, 3.63) is 65.7 Å². The lowest BCUT2D eigenvalue weighted by Crippen LogP contribution is -2.49. The Labute approximate surface area is 152 Å². The molecule has 2 atom stereocenters. The van der Waals surface area contributed by atoms with Gasteiger partial charge in [-0.25, -0.2) is 4.79 Å². The zero-order valence-corrected chi connectivity index (χ0v) is 14.7. The van der Waals surface area contributed by atoms with E-state index in [1.54, 1.807) is 24.3 Å². The van der Waals surface area contributed by atoms with Crippen molar-refractivity contribution < 1.29 is 24.2 Å². The molecule has 0 aliphatic carbocycles. The van der Waals surface area contributed by atoms with Crippen molar-refractivity contribution in [3.8, 4) is 5.75 Å². The second-order valence-corrected chi connectivity index (χ2v) is 6.42. The van der Waals surface area contributed by atoms with Gasteiger partial charge in [-0.15, -0.1) is 0 Å². The summed E-state index contributed by atoms with van der Waals surface area (Å²) in [6, 6.07) is 16.0. The first kappa shape index (κ1) is 18.1. The van der Waals surface area contributed by atoms with Gasteiger partial charge in [0.1, 0.15) is 12.4 Å². The molecule has 136 valence electrons. The standard InChI is InChI=1S/C21H22O5/c1-2-16(22)12-13-21(19(23)17-10-6-7-11-18(17)26-21)20(24)25-14-15-8-4-3-5-9-15/h3-11,16,22H,2,12-14H2,1H3/t16?,21-/m0/s1. The Kier molecular flexibility index (Phi) is 5.38. The van der Waals surface area contributed by atoms with Crippen LogP contribution >= 0.6 is 0 Å². The van der Waals surface area contributed by atoms with Crippen molar-refractivity contribution in [2.45, 2.75) is 44.5 Å². The van der Waals surface area contributed by atoms with Gasteiger partial charge in [0.2, 0.25) is 5.78 Å². The van der Waals surface area contributed by atoms with Gasteiger partial charge in [0, 0.05) is 6.42 Å². The summed E-state index contributed by atoms with van der Waals surface area (Å²) in [5, 5.41) is 9.91. The van der Waals surface area contributed by atoms with Crippen LogP contribution in [-0.4, -0.2) is 28.6 Å². The molecular formula is C21H22O5. The van der Waals surface area contributed by atoms with Crippen molar-refractivity contribution in [2.24, 2.45) is 0 Å². The number of carbonyl (C=O) groups excluding carboxylic acids is 2. The van der Waals surface area contributed by atoms with E-state index in [1.165, 1.54) is 0 Å². The van der Waals surface area contributed by atoms with E-state index in [-0.39, 0.29) is 19.4 Å². The van der Waals surface area contributed by atoms with Crippen molar-refractivity contribution in [1.82, 2.24) is 0 Å². The van der Waals surface area contributed by atoms with E-state index in [0.717, 1.165) is 5.56 Å². The number of esters is 1. The van der Waals surface area contributed by atoms with Crippen LogP contribution in [0.25, 0.3) is 0 Å². The van der Waals surface area contributed by atoms with Crippen LogP contribution in [0.15, 0.2) is 54.6 Å². The summed E-state index contributed by atoms with van der Waals surface area (Å²) in [6.07, 6.45) is 0.282. The van der Waals surface area contributed by atoms with Crippen LogP contribution in [0.5, 0.6) is 5.75 Å². The maximum absolute atomic E-state index is 13.0. The highest BCUT2D eigenvalue weighted by atomic mass is 16.6. The SMILES string of the molecule is CCC(O)CC[C@]1(C(=O)OCc2ccccc2)Oc2ccccc2C1=O. The largest absolute Gasteiger partial charge is 0.466 e. The number of para-hydroxylation sites is 1. The Hall–Kier alpha value is -2.66. The quantitative estimate of drug-likeness (QED) is 0.610. The highest BCUT2D eigenvalue weighted by Gasteiger charge is 2.55. The average molecular weight is 354 g/mol. The molecule has 1 unspecified atom stereocenters. The van der Waals surface area contributed by atoms with Gasteiger partial charge in [0.25, 0.3) is 5.60 Å². The molecule has 1 N–H and O–H groups in total. The minimum absolute atomic E-state index is 0.0603. The maximum Gasteiger partial charge on any atom is 0.359 e. The fraction of sp³-hybridized carbons (Fsp3) is 0.333. The van der Waals surface area contributed by atoms with Gasteiger partial charge >= 0.3 is 5.97 Å². The molecule has 5 heteroatoms. The van der Waals surface area contributed by atoms with Crippen LogP contribution in [0, 0.1) is 0 Å². The third kappa shape index (κ3) is 3.48. The number of benzene rings is 2. The summed E-state index contributed by atoms with van der Waals surface area (Å²) in [5.74, 6) is -0.750. The van der Waals surface area contributed by atoms with Gasteiger partial charge in [-0.1, -0.05) is 49.4 Å². The van der Waals surface area contributed by atoms with Gasteiger partial charge in [-0.2, -0.15) is 0 Å². The van der Waals surface area contributed by atoms with E-state index in [2.05, 4.69) is 0 Å². The molecule has 1 heterocycles. The van der Waals surface area contributed by atoms with Gasteiger partial charge in [-0.3, -0.25) is 4.79 Å². The van der Waals surface area contributed by atoms with Crippen molar-refractivity contribution in [3.63, 3.8) is 0 Å². The third-order valence-corrected chi connectivity index (χ3v) is 4.63. The fourth-order valence-corrected chi connectivity index (χ4v) is 3.01. The monoisotopic (exact) mass is 354 g/mol. The minimum Gasteiger partial charge on any atom is -0.466 e. The fourth-order valence-electron chi connectivity index (χ4n) is 3.01. The molecule has 2 aromatic carbocycles. The van der Waals surface area contributed by atoms with Crippen molar-refractivity contribution >= 4 is 11.8 Å². The van der Waals surface area contributed by atoms with Crippen LogP contribution < -0.4 is 4.74 Å². The molecule has 1 aliphatic heterocycles. The van der Waals surface area contributed by atoms with Crippen molar-refractivity contribution in [1.29, 1.82) is 0 Å². The first-order valence-corrected chi connectivity index (χ1v) is 8.79. The number of aliphatic hydroxyl groups is 1. The Bertz CT molecular complexity index is 786. The Morgan fingerprint density at radius 2 is 1.85 bits per heavy atom. The summed E-state index contributed by atoms with van der Waals surface area (Å²) in [4.78, 5) is 25.8. The molecule has 0 amide bonds. The van der Waals surface area contributed by atoms with E-state index < -0.39 is 23.5 Å². The maximum atomic E-state index is 13.0. The number of hydrogen-bond acceptors (Lipinski definition) is 5. The van der Waals surface area contributed by atoms with Crippen LogP contribution in [0.2, 0.25) is 0 Å². The first-order valence-electron chi connectivity index (χ1n) is 8.79. The first-order chi connectivity index (χ1) is 12.6. The number of aliphatic hydroxyl groups excluding tert-OH is 1. The number of carbonyl (C=O) groups is 2. The molecule has 5 nitrogen and oxygen atoms in total. The number of ketones is 1. The molecule has 0 bridgehead atoms. The second kappa shape index (κ2) is 7.70. The zero-order valence-electron chi connectivity index (χ0n) is 14.7. The molecule has 0 fully saturated rings. The number of hydrogen-bond donors (Lipinski definition) is 1. The molecule has 0 saturated heterocycles. The lowest BCUT2D eigenvalue weighted by Gasteiger charge is -2.26. The molecule has 0 saturated carbocycles. The molecule has 0 aromatic heterocycles. The van der Waals surface area contributed by atoms with Crippen LogP contribution in [0.1, 0.15) is 42.1 Å². The van der Waals surface area contributed by atoms with Crippen LogP contribution in [-0.2, 0) is 16.1 Å². The van der Waals surface area contributed by atoms with E-state index in [4.69, 9.17) is 9.47 Å². The predicted molar refractivity (Wildman–Crippen MR) is 95.9 cm³/mol. The normalized spacial score (nSPS) is 19.5. The average Bonchev–Trinajstić information content (AvgIpc) is 2.98. The van der Waals surface area contributed by atoms with Gasteiger partial charge in [0.15, 0.2) is 0 Å². The van der Waals surface area contributed by atoms with E-state index in [9.17, 15) is 14.7 Å². The molecule has 3 rings (SSSR count). The molecule has 26 heavy (non-hydrogen) atoms. The Morgan fingerprint density at radius 3 is 2.54 bits per heavy atom. The number of rotatable bonds is 7. The Morgan fingerprint density at radius 1 is 1.15 bits per heavy atom. The lowest BCUT2D eigenvalue weighted by atomic mass is 9.89. The molecule has 1 aliphatic rings. The lowest BCUT2D eigenvalue weighted by molar-refractivity contribution is -0.159. The number of fused-ring (bicyclic) bond motifs is 1. The second-order valence-electron chi connectivity index (χ2n) is 6.42. The number of Topliss-reactive ketones (excluding diaryl/α,β-unsaturated/α-hetero) is 1.